The molecule has 0 spiro atoms. The molecule has 1 aromatic carbocycles. The Bertz CT molecular complexity index is 715. The van der Waals surface area contributed by atoms with Crippen LogP contribution in [0.25, 0.3) is 6.08 Å². The lowest BCUT2D eigenvalue weighted by Gasteiger charge is -2.10. The molecule has 1 saturated carbocycles. The molecule has 2 rings (SSSR count). The van der Waals surface area contributed by atoms with E-state index in [-0.39, 0.29) is 30.7 Å². The average Bonchev–Trinajstić information content (AvgIpc) is 3.45. The monoisotopic (exact) mass is 345 g/mol. The molecule has 25 heavy (non-hydrogen) atoms. The van der Waals surface area contributed by atoms with Gasteiger partial charge >= 0.3 is 11.9 Å². The van der Waals surface area contributed by atoms with Gasteiger partial charge < -0.3 is 18.9 Å². The Kier molecular flexibility index (Phi) is 6.54. The highest BCUT2D eigenvalue weighted by Crippen LogP contribution is 2.34. The first-order chi connectivity index (χ1) is 12.1. The van der Waals surface area contributed by atoms with Gasteiger partial charge in [0.2, 0.25) is 0 Å². The molecule has 1 fully saturated rings. The van der Waals surface area contributed by atoms with Crippen molar-refractivity contribution in [1.29, 1.82) is 5.26 Å². The summed E-state index contributed by atoms with van der Waals surface area (Å²) in [5.74, 6) is -0.398. The molecule has 0 N–H and O–H groups in total. The summed E-state index contributed by atoms with van der Waals surface area (Å²) in [5.41, 5.74) is 0.393. The van der Waals surface area contributed by atoms with E-state index in [1.807, 2.05) is 0 Å². The van der Waals surface area contributed by atoms with Gasteiger partial charge in [0.1, 0.15) is 18.2 Å². The summed E-state index contributed by atoms with van der Waals surface area (Å²) >= 11 is 0. The fourth-order valence-corrected chi connectivity index (χ4v) is 1.97. The molecule has 0 saturated heterocycles. The minimum absolute atomic E-state index is 0.0312. The second-order valence-corrected chi connectivity index (χ2v) is 5.40. The number of carbonyl (C=O) groups excluding carboxylic acids is 2. The quantitative estimate of drug-likeness (QED) is 0.234. The van der Waals surface area contributed by atoms with E-state index in [9.17, 15) is 9.59 Å². The second kappa shape index (κ2) is 8.85. The van der Waals surface area contributed by atoms with Gasteiger partial charge in [0.05, 0.1) is 19.6 Å². The molecule has 1 aliphatic rings. The maximum atomic E-state index is 11.8. The van der Waals surface area contributed by atoms with Crippen molar-refractivity contribution in [1.82, 2.24) is 0 Å². The Balaban J connectivity index is 2.13. The lowest BCUT2D eigenvalue weighted by molar-refractivity contribution is -0.139. The minimum atomic E-state index is -0.734. The number of nitriles is 1. The van der Waals surface area contributed by atoms with Crippen molar-refractivity contribution in [2.24, 2.45) is 5.92 Å². The number of esters is 2. The largest absolute Gasteiger partial charge is 0.493 e. The summed E-state index contributed by atoms with van der Waals surface area (Å²) in [6.45, 7) is 0.313. The van der Waals surface area contributed by atoms with Crippen molar-refractivity contribution in [2.45, 2.75) is 12.8 Å². The molecule has 1 aromatic rings. The van der Waals surface area contributed by atoms with E-state index in [2.05, 4.69) is 0 Å². The highest BCUT2D eigenvalue weighted by atomic mass is 16.6. The van der Waals surface area contributed by atoms with Gasteiger partial charge in [0, 0.05) is 7.11 Å². The molecule has 0 bridgehead atoms. The van der Waals surface area contributed by atoms with Crippen molar-refractivity contribution in [2.75, 3.05) is 27.4 Å². The smallest absolute Gasteiger partial charge is 0.348 e. The summed E-state index contributed by atoms with van der Waals surface area (Å²) in [4.78, 5) is 23.6. The van der Waals surface area contributed by atoms with Crippen LogP contribution in [0.3, 0.4) is 0 Å². The van der Waals surface area contributed by atoms with Crippen LogP contribution in [-0.4, -0.2) is 39.4 Å². The van der Waals surface area contributed by atoms with E-state index < -0.39 is 5.97 Å². The van der Waals surface area contributed by atoms with Crippen molar-refractivity contribution in [3.63, 3.8) is 0 Å². The van der Waals surface area contributed by atoms with E-state index in [0.29, 0.717) is 17.1 Å². The number of carbonyl (C=O) groups is 2. The van der Waals surface area contributed by atoms with Crippen LogP contribution in [0.15, 0.2) is 23.8 Å². The van der Waals surface area contributed by atoms with Gasteiger partial charge in [-0.2, -0.15) is 5.26 Å². The lowest BCUT2D eigenvalue weighted by Crippen LogP contribution is -2.11. The van der Waals surface area contributed by atoms with Gasteiger partial charge in [-0.3, -0.25) is 4.79 Å². The van der Waals surface area contributed by atoms with Crippen LogP contribution in [0.1, 0.15) is 18.4 Å². The molecule has 0 atom stereocenters. The average molecular weight is 345 g/mol. The molecule has 7 heteroatoms. The van der Waals surface area contributed by atoms with Gasteiger partial charge in [0.15, 0.2) is 11.5 Å². The second-order valence-electron chi connectivity index (χ2n) is 5.40. The third-order valence-corrected chi connectivity index (χ3v) is 3.48. The molecule has 0 aromatic heterocycles. The molecular weight excluding hydrogens is 326 g/mol. The highest BCUT2D eigenvalue weighted by Gasteiger charge is 2.32. The fraction of sp³-hybridized carbons (Fsp3) is 0.389. The lowest BCUT2D eigenvalue weighted by atomic mass is 10.1. The Morgan fingerprint density at radius 2 is 2.00 bits per heavy atom. The third kappa shape index (κ3) is 5.33. The van der Waals surface area contributed by atoms with E-state index >= 15 is 0 Å². The predicted octanol–water partition coefficient (Wildman–Crippen LogP) is 2.11. The maximum absolute atomic E-state index is 11.8. The van der Waals surface area contributed by atoms with Gasteiger partial charge in [-0.25, -0.2) is 4.79 Å². The molecular formula is C18H19NO6. The summed E-state index contributed by atoms with van der Waals surface area (Å²) in [6.07, 6.45) is 3.07. The van der Waals surface area contributed by atoms with Gasteiger partial charge in [-0.1, -0.05) is 6.07 Å². The predicted molar refractivity (Wildman–Crippen MR) is 87.8 cm³/mol. The van der Waals surface area contributed by atoms with Crippen LogP contribution in [0, 0.1) is 17.2 Å². The number of methoxy groups -OCH3 is 2. The zero-order chi connectivity index (χ0) is 18.2. The van der Waals surface area contributed by atoms with E-state index in [4.69, 9.17) is 24.2 Å². The first-order valence-corrected chi connectivity index (χ1v) is 7.76. The minimum Gasteiger partial charge on any atom is -0.493 e. The number of rotatable bonds is 8. The number of hydrogen-bond donors (Lipinski definition) is 0. The van der Waals surface area contributed by atoms with E-state index in [1.165, 1.54) is 20.3 Å². The third-order valence-electron chi connectivity index (χ3n) is 3.48. The maximum Gasteiger partial charge on any atom is 0.348 e. The molecule has 0 heterocycles. The zero-order valence-corrected chi connectivity index (χ0v) is 14.1. The van der Waals surface area contributed by atoms with Gasteiger partial charge in [-0.05, 0) is 36.6 Å². The SMILES string of the molecule is COCCOC(=O)/C(C#N)=C/c1ccc(OC(=O)C2CC2)c(OC)c1. The van der Waals surface area contributed by atoms with Crippen LogP contribution < -0.4 is 9.47 Å². The van der Waals surface area contributed by atoms with E-state index in [0.717, 1.165) is 12.8 Å². The number of ether oxygens (including phenoxy) is 4. The van der Waals surface area contributed by atoms with E-state index in [1.54, 1.807) is 24.3 Å². The first-order valence-electron chi connectivity index (χ1n) is 7.76. The van der Waals surface area contributed by atoms with Crippen LogP contribution in [0.4, 0.5) is 0 Å². The van der Waals surface area contributed by atoms with Crippen molar-refractivity contribution < 1.29 is 28.5 Å². The Hall–Kier alpha value is -2.85. The van der Waals surface area contributed by atoms with Crippen molar-refractivity contribution in [3.8, 4) is 17.6 Å². The van der Waals surface area contributed by atoms with Crippen LogP contribution in [0.2, 0.25) is 0 Å². The molecule has 132 valence electrons. The number of nitrogens with zero attached hydrogens (tertiary/aromatic N) is 1. The molecule has 0 unspecified atom stereocenters. The van der Waals surface area contributed by atoms with Crippen LogP contribution in [0.5, 0.6) is 11.5 Å². The molecule has 7 nitrogen and oxygen atoms in total. The normalized spacial score (nSPS) is 13.7. The Morgan fingerprint density at radius 1 is 1.24 bits per heavy atom. The van der Waals surface area contributed by atoms with Crippen LogP contribution >= 0.6 is 0 Å². The molecule has 0 radical (unpaired) electrons. The van der Waals surface area contributed by atoms with Crippen molar-refractivity contribution in [3.05, 3.63) is 29.3 Å². The molecule has 0 amide bonds. The zero-order valence-electron chi connectivity index (χ0n) is 14.1. The fourth-order valence-electron chi connectivity index (χ4n) is 1.97. The summed E-state index contributed by atoms with van der Waals surface area (Å²) in [7, 11) is 2.93. The molecule has 0 aliphatic heterocycles. The van der Waals surface area contributed by atoms with Gasteiger partial charge in [-0.15, -0.1) is 0 Å². The summed E-state index contributed by atoms with van der Waals surface area (Å²) < 4.78 is 20.2. The number of benzene rings is 1. The summed E-state index contributed by atoms with van der Waals surface area (Å²) in [5, 5.41) is 9.13. The molecule has 1 aliphatic carbocycles. The first kappa shape index (κ1) is 18.5. The standard InChI is InChI=1S/C18H19NO6/c1-22-7-8-24-17(20)14(11-19)9-12-3-6-15(16(10-12)23-2)25-18(21)13-4-5-13/h3,6,9-10,13H,4-5,7-8H2,1-2H3/b14-9+. The Labute approximate surface area is 145 Å². The number of hydrogen-bond acceptors (Lipinski definition) is 7. The van der Waals surface area contributed by atoms with Crippen LogP contribution in [-0.2, 0) is 19.1 Å². The summed E-state index contributed by atoms with van der Waals surface area (Å²) in [6, 6.07) is 6.57. The van der Waals surface area contributed by atoms with Gasteiger partial charge in [0.25, 0.3) is 0 Å². The van der Waals surface area contributed by atoms with Crippen molar-refractivity contribution >= 4 is 18.0 Å². The highest BCUT2D eigenvalue weighted by molar-refractivity contribution is 5.98. The Morgan fingerprint density at radius 3 is 2.60 bits per heavy atom. The topological polar surface area (TPSA) is 94.9 Å².